The first-order valence-corrected chi connectivity index (χ1v) is 11.0. The highest BCUT2D eigenvalue weighted by molar-refractivity contribution is 9.10. The van der Waals surface area contributed by atoms with Gasteiger partial charge in [0.05, 0.1) is 27.5 Å². The highest BCUT2D eigenvalue weighted by atomic mass is 79.9. The number of thiazole rings is 1. The zero-order valence-electron chi connectivity index (χ0n) is 17.3. The molecular weight excluding hydrogens is 464 g/mol. The molecule has 2 aromatic heterocycles. The van der Waals surface area contributed by atoms with Crippen molar-refractivity contribution in [3.8, 4) is 10.9 Å². The van der Waals surface area contributed by atoms with Crippen molar-refractivity contribution >= 4 is 49.1 Å². The van der Waals surface area contributed by atoms with Crippen LogP contribution in [0.25, 0.3) is 15.3 Å². The summed E-state index contributed by atoms with van der Waals surface area (Å²) >= 11 is 5.01. The molecule has 0 aliphatic rings. The molecule has 0 aliphatic heterocycles. The number of rotatable bonds is 4. The number of nitrogens with zero attached hydrogens (tertiary/aromatic N) is 3. The van der Waals surface area contributed by atoms with Crippen LogP contribution < -0.4 is 10.1 Å². The van der Waals surface area contributed by atoms with E-state index < -0.39 is 0 Å². The first-order chi connectivity index (χ1) is 14.3. The zero-order chi connectivity index (χ0) is 21.6. The lowest BCUT2D eigenvalue weighted by Gasteiger charge is -2.13. The second-order valence-corrected chi connectivity index (χ2v) is 9.01. The first kappa shape index (κ1) is 20.6. The predicted octanol–water partition coefficient (Wildman–Crippen LogP) is 5.74. The Morgan fingerprint density at radius 2 is 1.93 bits per heavy atom. The molecule has 0 saturated carbocycles. The van der Waals surface area contributed by atoms with Gasteiger partial charge in [-0.15, -0.1) is 0 Å². The SMILES string of the molecule is COc1ccc(C(=O)Nc2c(C)cc3nc(-n4nc(C)cc4C)sc3c2C)cc1Br. The van der Waals surface area contributed by atoms with Gasteiger partial charge in [0.2, 0.25) is 5.13 Å². The normalized spacial score (nSPS) is 11.1. The largest absolute Gasteiger partial charge is 0.496 e. The molecule has 0 saturated heterocycles. The molecule has 0 fully saturated rings. The lowest BCUT2D eigenvalue weighted by atomic mass is 10.1. The molecular formula is C22H21BrN4O2S. The lowest BCUT2D eigenvalue weighted by molar-refractivity contribution is 0.102. The summed E-state index contributed by atoms with van der Waals surface area (Å²) in [5.74, 6) is 0.508. The quantitative estimate of drug-likeness (QED) is 0.400. The Bertz CT molecular complexity index is 1290. The van der Waals surface area contributed by atoms with Crippen LogP contribution in [0, 0.1) is 27.7 Å². The van der Waals surface area contributed by atoms with E-state index >= 15 is 0 Å². The van der Waals surface area contributed by atoms with E-state index in [1.807, 2.05) is 44.5 Å². The molecule has 8 heteroatoms. The molecule has 0 aliphatic carbocycles. The Kier molecular flexibility index (Phi) is 5.38. The topological polar surface area (TPSA) is 69.0 Å². The van der Waals surface area contributed by atoms with Gasteiger partial charge in [0.25, 0.3) is 5.91 Å². The summed E-state index contributed by atoms with van der Waals surface area (Å²) in [6, 6.07) is 9.31. The van der Waals surface area contributed by atoms with Crippen LogP contribution in [0.3, 0.4) is 0 Å². The van der Waals surface area contributed by atoms with E-state index in [0.29, 0.717) is 11.3 Å². The number of aromatic nitrogens is 3. The third-order valence-electron chi connectivity index (χ3n) is 4.95. The average Bonchev–Trinajstić information content (AvgIpc) is 3.27. The number of fused-ring (bicyclic) bond motifs is 1. The summed E-state index contributed by atoms with van der Waals surface area (Å²) in [4.78, 5) is 17.7. The monoisotopic (exact) mass is 484 g/mol. The van der Waals surface area contributed by atoms with Gasteiger partial charge in [0.15, 0.2) is 0 Å². The summed E-state index contributed by atoms with van der Waals surface area (Å²) < 4.78 is 8.88. The molecule has 30 heavy (non-hydrogen) atoms. The number of amides is 1. The maximum atomic E-state index is 12.9. The molecule has 4 rings (SSSR count). The minimum atomic E-state index is -0.174. The molecule has 0 atom stereocenters. The number of ether oxygens (including phenoxy) is 1. The highest BCUT2D eigenvalue weighted by Crippen LogP contribution is 2.35. The van der Waals surface area contributed by atoms with Crippen LogP contribution in [0.2, 0.25) is 0 Å². The minimum Gasteiger partial charge on any atom is -0.496 e. The molecule has 1 N–H and O–H groups in total. The Morgan fingerprint density at radius 3 is 2.57 bits per heavy atom. The molecule has 2 heterocycles. The van der Waals surface area contributed by atoms with Crippen LogP contribution in [0.4, 0.5) is 5.69 Å². The Labute approximate surface area is 187 Å². The van der Waals surface area contributed by atoms with Crippen molar-refractivity contribution in [2.24, 2.45) is 0 Å². The number of halogens is 1. The summed E-state index contributed by atoms with van der Waals surface area (Å²) in [5.41, 5.74) is 6.22. The fourth-order valence-corrected chi connectivity index (χ4v) is 5.07. The molecule has 2 aromatic carbocycles. The zero-order valence-corrected chi connectivity index (χ0v) is 19.7. The Balaban J connectivity index is 1.72. The molecule has 1 amide bonds. The fourth-order valence-electron chi connectivity index (χ4n) is 3.47. The van der Waals surface area contributed by atoms with Gasteiger partial charge in [-0.2, -0.15) is 5.10 Å². The van der Waals surface area contributed by atoms with E-state index in [0.717, 1.165) is 48.0 Å². The third-order valence-corrected chi connectivity index (χ3v) is 6.73. The van der Waals surface area contributed by atoms with Gasteiger partial charge in [-0.25, -0.2) is 9.67 Å². The highest BCUT2D eigenvalue weighted by Gasteiger charge is 2.17. The van der Waals surface area contributed by atoms with E-state index in [2.05, 4.69) is 26.3 Å². The molecule has 0 unspecified atom stereocenters. The van der Waals surface area contributed by atoms with Crippen LogP contribution in [-0.2, 0) is 0 Å². The number of nitrogens with one attached hydrogen (secondary N) is 1. The number of anilines is 1. The maximum Gasteiger partial charge on any atom is 0.255 e. The summed E-state index contributed by atoms with van der Waals surface area (Å²) in [6.45, 7) is 7.98. The second kappa shape index (κ2) is 7.85. The van der Waals surface area contributed by atoms with Gasteiger partial charge in [-0.3, -0.25) is 4.79 Å². The van der Waals surface area contributed by atoms with Crippen molar-refractivity contribution in [1.29, 1.82) is 0 Å². The molecule has 4 aromatic rings. The van der Waals surface area contributed by atoms with Crippen LogP contribution >= 0.6 is 27.3 Å². The average molecular weight is 485 g/mol. The molecule has 0 bridgehead atoms. The standard InChI is InChI=1S/C22H21BrN4O2S/c1-11-8-17-20(30-22(24-17)27-13(3)9-12(2)26-27)14(4)19(11)25-21(28)15-6-7-18(29-5)16(23)10-15/h6-10H,1-5H3,(H,25,28). The van der Waals surface area contributed by atoms with Crippen molar-refractivity contribution in [3.63, 3.8) is 0 Å². The predicted molar refractivity (Wildman–Crippen MR) is 124 cm³/mol. The second-order valence-electron chi connectivity index (χ2n) is 7.18. The molecule has 154 valence electrons. The smallest absolute Gasteiger partial charge is 0.255 e. The van der Waals surface area contributed by atoms with Gasteiger partial charge in [0, 0.05) is 16.9 Å². The van der Waals surface area contributed by atoms with Crippen LogP contribution in [0.15, 0.2) is 34.8 Å². The van der Waals surface area contributed by atoms with E-state index in [1.54, 1.807) is 36.6 Å². The fraction of sp³-hybridized carbons (Fsp3) is 0.227. The van der Waals surface area contributed by atoms with Gasteiger partial charge in [-0.05, 0) is 85.1 Å². The number of hydrogen-bond donors (Lipinski definition) is 1. The molecule has 0 spiro atoms. The van der Waals surface area contributed by atoms with Crippen molar-refractivity contribution in [3.05, 3.63) is 62.9 Å². The number of carbonyl (C=O) groups is 1. The van der Waals surface area contributed by atoms with E-state index in [-0.39, 0.29) is 5.91 Å². The van der Waals surface area contributed by atoms with E-state index in [4.69, 9.17) is 9.72 Å². The number of benzene rings is 2. The number of aryl methyl sites for hydroxylation is 4. The minimum absolute atomic E-state index is 0.174. The van der Waals surface area contributed by atoms with Crippen molar-refractivity contribution in [1.82, 2.24) is 14.8 Å². The molecule has 0 radical (unpaired) electrons. The van der Waals surface area contributed by atoms with Gasteiger partial charge in [-0.1, -0.05) is 11.3 Å². The maximum absolute atomic E-state index is 12.9. The van der Waals surface area contributed by atoms with Gasteiger partial charge in [0.1, 0.15) is 5.75 Å². The Morgan fingerprint density at radius 1 is 1.17 bits per heavy atom. The van der Waals surface area contributed by atoms with Gasteiger partial charge >= 0.3 is 0 Å². The summed E-state index contributed by atoms with van der Waals surface area (Å²) in [7, 11) is 1.59. The lowest BCUT2D eigenvalue weighted by Crippen LogP contribution is -2.14. The van der Waals surface area contributed by atoms with E-state index in [9.17, 15) is 4.79 Å². The number of methoxy groups -OCH3 is 1. The van der Waals surface area contributed by atoms with Gasteiger partial charge < -0.3 is 10.1 Å². The van der Waals surface area contributed by atoms with Crippen LogP contribution in [0.5, 0.6) is 5.75 Å². The first-order valence-electron chi connectivity index (χ1n) is 9.37. The van der Waals surface area contributed by atoms with Crippen molar-refractivity contribution in [2.75, 3.05) is 12.4 Å². The van der Waals surface area contributed by atoms with E-state index in [1.165, 1.54) is 0 Å². The summed E-state index contributed by atoms with van der Waals surface area (Å²) in [5, 5.41) is 8.43. The Hall–Kier alpha value is -2.71. The summed E-state index contributed by atoms with van der Waals surface area (Å²) in [6.07, 6.45) is 0. The van der Waals surface area contributed by atoms with Crippen molar-refractivity contribution < 1.29 is 9.53 Å². The number of carbonyl (C=O) groups excluding carboxylic acids is 1. The number of hydrogen-bond acceptors (Lipinski definition) is 5. The van der Waals surface area contributed by atoms with Crippen molar-refractivity contribution in [2.45, 2.75) is 27.7 Å². The van der Waals surface area contributed by atoms with Crippen LogP contribution in [0.1, 0.15) is 32.9 Å². The third kappa shape index (κ3) is 3.61. The molecule has 6 nitrogen and oxygen atoms in total. The van der Waals surface area contributed by atoms with Crippen LogP contribution in [-0.4, -0.2) is 27.8 Å².